The van der Waals surface area contributed by atoms with Gasteiger partial charge in [0.15, 0.2) is 0 Å². The molecule has 0 aliphatic heterocycles. The smallest absolute Gasteiger partial charge is 0.678 e. The molecule has 2 atom stereocenters. The topological polar surface area (TPSA) is 90.5 Å². The number of hydrogen-bond donors (Lipinski definition) is 0. The monoisotopic (exact) mass is 472 g/mol. The maximum atomic E-state index is 7.75. The molecule has 6 nitrogen and oxygen atoms in total. The van der Waals surface area contributed by atoms with Gasteiger partial charge in [-0.2, -0.15) is 13.1 Å². The normalized spacial score (nSPS) is 12.5. The van der Waals surface area contributed by atoms with Crippen LogP contribution in [0.15, 0.2) is 0 Å². The second-order valence-electron chi connectivity index (χ2n) is 7.68. The van der Waals surface area contributed by atoms with Crippen molar-refractivity contribution in [2.75, 3.05) is 13.1 Å². The third-order valence-electron chi connectivity index (χ3n) is 2.38. The predicted molar refractivity (Wildman–Crippen MR) is 116 cm³/mol. The van der Waals surface area contributed by atoms with Gasteiger partial charge in [-0.05, 0) is 0 Å². The number of hydrogen-bond acceptors (Lipinski definition) is 2. The SMILES string of the molecule is CCC[N-]C(C)[N-]C(C)(C)C.CCC[N-]C(C)[N-]C(C)(C)C.[CH-]=O.[CH-]=O.[Ru+6]. The van der Waals surface area contributed by atoms with Gasteiger partial charge < -0.3 is 30.9 Å². The maximum absolute atomic E-state index is 7.75. The zero-order valence-electron chi connectivity index (χ0n) is 19.1. The van der Waals surface area contributed by atoms with Crippen molar-refractivity contribution in [3.63, 3.8) is 0 Å². The van der Waals surface area contributed by atoms with Crippen LogP contribution in [-0.4, -0.2) is 50.1 Å². The summed E-state index contributed by atoms with van der Waals surface area (Å²) in [6.07, 6.45) is 2.55. The molecule has 0 rings (SSSR count). The van der Waals surface area contributed by atoms with Gasteiger partial charge in [0.1, 0.15) is 0 Å². The molecule has 0 heterocycles. The van der Waals surface area contributed by atoms with Gasteiger partial charge in [-0.25, -0.2) is 12.3 Å². The molecular formula is C20H42N4O2Ru. The van der Waals surface area contributed by atoms with Crippen LogP contribution in [-0.2, 0) is 29.1 Å². The van der Waals surface area contributed by atoms with Crippen molar-refractivity contribution in [3.05, 3.63) is 21.3 Å². The van der Waals surface area contributed by atoms with E-state index in [1.807, 2.05) is 13.8 Å². The quantitative estimate of drug-likeness (QED) is 0.246. The van der Waals surface area contributed by atoms with Crippen LogP contribution in [0.5, 0.6) is 0 Å². The first-order valence-corrected chi connectivity index (χ1v) is 9.15. The largest absolute Gasteiger partial charge is 6.00 e. The Labute approximate surface area is 182 Å². The van der Waals surface area contributed by atoms with Crippen LogP contribution in [0.2, 0.25) is 0 Å². The van der Waals surface area contributed by atoms with E-state index in [0.29, 0.717) is 0 Å². The molecule has 0 spiro atoms. The van der Waals surface area contributed by atoms with Gasteiger partial charge >= 0.3 is 19.5 Å². The molecule has 27 heavy (non-hydrogen) atoms. The molecule has 162 valence electrons. The predicted octanol–water partition coefficient (Wildman–Crippen LogP) is 6.03. The van der Waals surface area contributed by atoms with Crippen molar-refractivity contribution >= 4 is 13.6 Å². The molecule has 0 aliphatic rings. The van der Waals surface area contributed by atoms with Crippen molar-refractivity contribution in [1.29, 1.82) is 0 Å². The molecule has 0 fully saturated rings. The Morgan fingerprint density at radius 1 is 0.667 bits per heavy atom. The molecule has 0 aromatic rings. The summed E-state index contributed by atoms with van der Waals surface area (Å²) in [5, 5.41) is 17.7. The van der Waals surface area contributed by atoms with Crippen LogP contribution in [0.25, 0.3) is 21.3 Å². The van der Waals surface area contributed by atoms with Crippen LogP contribution >= 0.6 is 0 Å². The molecule has 0 N–H and O–H groups in total. The van der Waals surface area contributed by atoms with Crippen LogP contribution in [0.4, 0.5) is 0 Å². The Morgan fingerprint density at radius 3 is 1.04 bits per heavy atom. The van der Waals surface area contributed by atoms with Gasteiger partial charge in [-0.1, -0.05) is 68.2 Å². The van der Waals surface area contributed by atoms with Crippen molar-refractivity contribution in [2.24, 2.45) is 0 Å². The fourth-order valence-electron chi connectivity index (χ4n) is 1.83. The maximum Gasteiger partial charge on any atom is 6.00 e. The molecule has 0 saturated heterocycles. The summed E-state index contributed by atoms with van der Waals surface area (Å²) < 4.78 is 0. The van der Waals surface area contributed by atoms with Crippen molar-refractivity contribution in [1.82, 2.24) is 0 Å². The van der Waals surface area contributed by atoms with Gasteiger partial charge in [0.2, 0.25) is 0 Å². The fraction of sp³-hybridized carbons (Fsp3) is 0.900. The minimum Gasteiger partial charge on any atom is -0.678 e. The van der Waals surface area contributed by atoms with Crippen LogP contribution in [0, 0.1) is 0 Å². The van der Waals surface area contributed by atoms with Gasteiger partial charge in [-0.15, -0.1) is 24.9 Å². The van der Waals surface area contributed by atoms with E-state index in [4.69, 9.17) is 9.59 Å². The third kappa shape index (κ3) is 46.1. The summed E-state index contributed by atoms with van der Waals surface area (Å²) in [5.41, 5.74) is 0.104. The first kappa shape index (κ1) is 37.5. The van der Waals surface area contributed by atoms with Gasteiger partial charge in [0.25, 0.3) is 0 Å². The van der Waals surface area contributed by atoms with E-state index in [9.17, 15) is 0 Å². The Kier molecular flexibility index (Phi) is 33.1. The molecule has 7 heteroatoms. The van der Waals surface area contributed by atoms with Gasteiger partial charge in [0, 0.05) is 0 Å². The first-order valence-electron chi connectivity index (χ1n) is 9.15. The molecule has 0 saturated carbocycles. The number of carbonyl (C=O) groups excluding carboxylic acids is 2. The van der Waals surface area contributed by atoms with Gasteiger partial charge in [-0.3, -0.25) is 13.6 Å². The zero-order valence-corrected chi connectivity index (χ0v) is 20.8. The molecule has 0 amide bonds. The van der Waals surface area contributed by atoms with E-state index in [0.717, 1.165) is 25.9 Å². The van der Waals surface area contributed by atoms with E-state index in [2.05, 4.69) is 90.2 Å². The van der Waals surface area contributed by atoms with Crippen LogP contribution in [0.3, 0.4) is 0 Å². The van der Waals surface area contributed by atoms with Crippen molar-refractivity contribution in [2.45, 2.75) is 105 Å². The second-order valence-corrected chi connectivity index (χ2v) is 7.68. The molecule has 0 aliphatic carbocycles. The summed E-state index contributed by atoms with van der Waals surface area (Å²) >= 11 is 0. The van der Waals surface area contributed by atoms with Crippen LogP contribution < -0.4 is 0 Å². The Balaban J connectivity index is -0.0000000975. The van der Waals surface area contributed by atoms with E-state index in [1.54, 1.807) is 0 Å². The molecule has 0 aromatic carbocycles. The van der Waals surface area contributed by atoms with E-state index < -0.39 is 0 Å². The molecule has 0 bridgehead atoms. The number of nitrogens with zero attached hydrogens (tertiary/aromatic N) is 4. The van der Waals surface area contributed by atoms with E-state index >= 15 is 0 Å². The van der Waals surface area contributed by atoms with Crippen LogP contribution in [0.1, 0.15) is 82.1 Å². The van der Waals surface area contributed by atoms with E-state index in [1.165, 1.54) is 0 Å². The fourth-order valence-corrected chi connectivity index (χ4v) is 1.83. The van der Waals surface area contributed by atoms with Crippen molar-refractivity contribution in [3.8, 4) is 0 Å². The van der Waals surface area contributed by atoms with Gasteiger partial charge in [0.05, 0.1) is 0 Å². The Morgan fingerprint density at radius 2 is 0.889 bits per heavy atom. The summed E-state index contributed by atoms with van der Waals surface area (Å²) in [5.74, 6) is 0. The second kappa shape index (κ2) is 23.8. The first-order chi connectivity index (χ1) is 11.9. The zero-order chi connectivity index (χ0) is 21.8. The van der Waals surface area contributed by atoms with E-state index in [-0.39, 0.29) is 42.9 Å². The average Bonchev–Trinajstić information content (AvgIpc) is 2.52. The standard InChI is InChI=1S/2C9H20N2.2CHO.Ru/c2*1-6-7-10-8(2)11-9(3,4)5;2*1-2;/h2*8H,6-7H2,1-5H3;2*1H;/q2*-2;2*-1;+6. The summed E-state index contributed by atoms with van der Waals surface area (Å²) in [7, 11) is 0. The Hall–Kier alpha value is -0.197. The molecular weight excluding hydrogens is 429 g/mol. The molecule has 0 aromatic heterocycles. The molecule has 2 unspecified atom stereocenters. The molecule has 0 radical (unpaired) electrons. The minimum atomic E-state index is 0. The van der Waals surface area contributed by atoms with Crippen molar-refractivity contribution < 1.29 is 29.1 Å². The number of rotatable bonds is 8. The average molecular weight is 472 g/mol. The Bertz CT molecular complexity index is 254. The summed E-state index contributed by atoms with van der Waals surface area (Å²) in [6.45, 7) is 29.3. The summed E-state index contributed by atoms with van der Waals surface area (Å²) in [4.78, 5) is 15.5. The minimum absolute atomic E-state index is 0. The third-order valence-corrected chi connectivity index (χ3v) is 2.38. The summed E-state index contributed by atoms with van der Waals surface area (Å²) in [6, 6.07) is 0.